The fourth-order valence-corrected chi connectivity index (χ4v) is 2.70. The van der Waals surface area contributed by atoms with Gasteiger partial charge >= 0.3 is 0 Å². The molecule has 0 amide bonds. The molecule has 2 nitrogen and oxygen atoms in total. The van der Waals surface area contributed by atoms with Gasteiger partial charge in [0.15, 0.2) is 0 Å². The Morgan fingerprint density at radius 3 is 2.60 bits per heavy atom. The highest BCUT2D eigenvalue weighted by Gasteiger charge is 2.06. The summed E-state index contributed by atoms with van der Waals surface area (Å²) < 4.78 is 6.67. The van der Waals surface area contributed by atoms with Crippen molar-refractivity contribution in [2.45, 2.75) is 13.0 Å². The molecule has 5 heteroatoms. The first-order valence-electron chi connectivity index (χ1n) is 6.15. The third-order valence-corrected chi connectivity index (χ3v) is 4.04. The van der Waals surface area contributed by atoms with E-state index in [-0.39, 0.29) is 0 Å². The van der Waals surface area contributed by atoms with E-state index in [2.05, 4.69) is 15.9 Å². The highest BCUT2D eigenvalue weighted by Crippen LogP contribution is 2.28. The minimum absolute atomic E-state index is 0.369. The van der Waals surface area contributed by atoms with Gasteiger partial charge in [-0.25, -0.2) is 0 Å². The second kappa shape index (κ2) is 7.32. The van der Waals surface area contributed by atoms with Gasteiger partial charge in [0.1, 0.15) is 12.4 Å². The fraction of sp³-hybridized carbons (Fsp3) is 0.200. The van der Waals surface area contributed by atoms with Gasteiger partial charge in [0.2, 0.25) is 0 Å². The van der Waals surface area contributed by atoms with Crippen molar-refractivity contribution in [2.75, 3.05) is 6.54 Å². The maximum Gasteiger partial charge on any atom is 0.134 e. The molecule has 106 valence electrons. The molecule has 0 saturated heterocycles. The van der Waals surface area contributed by atoms with E-state index in [0.29, 0.717) is 23.2 Å². The van der Waals surface area contributed by atoms with E-state index in [1.54, 1.807) is 18.2 Å². The van der Waals surface area contributed by atoms with Crippen LogP contribution < -0.4 is 10.5 Å². The number of hydrogen-bond acceptors (Lipinski definition) is 2. The van der Waals surface area contributed by atoms with Crippen molar-refractivity contribution in [1.82, 2.24) is 0 Å². The van der Waals surface area contributed by atoms with Crippen molar-refractivity contribution in [1.29, 1.82) is 0 Å². The molecule has 20 heavy (non-hydrogen) atoms. The van der Waals surface area contributed by atoms with Crippen molar-refractivity contribution in [3.05, 3.63) is 62.0 Å². The highest BCUT2D eigenvalue weighted by molar-refractivity contribution is 9.10. The van der Waals surface area contributed by atoms with Gasteiger partial charge in [-0.1, -0.05) is 29.3 Å². The first kappa shape index (κ1) is 15.6. The lowest BCUT2D eigenvalue weighted by Gasteiger charge is -2.11. The topological polar surface area (TPSA) is 35.2 Å². The number of ether oxygens (including phenoxy) is 1. The molecule has 2 aromatic rings. The van der Waals surface area contributed by atoms with Crippen LogP contribution >= 0.6 is 39.1 Å². The second-order valence-corrected chi connectivity index (χ2v) is 6.03. The Morgan fingerprint density at radius 2 is 1.90 bits per heavy atom. The average molecular weight is 375 g/mol. The Kier molecular flexibility index (Phi) is 5.73. The van der Waals surface area contributed by atoms with Crippen LogP contribution in [0.4, 0.5) is 0 Å². The molecule has 0 aromatic heterocycles. The Balaban J connectivity index is 2.09. The predicted octanol–water partition coefficient (Wildman–Crippen LogP) is 4.84. The van der Waals surface area contributed by atoms with E-state index >= 15 is 0 Å². The standard InChI is InChI=1S/C15H14BrCl2NO/c16-13-7-10(5-6-19)1-4-15(13)20-9-11-8-12(17)2-3-14(11)18/h1-4,7-8H,5-6,9,19H2. The van der Waals surface area contributed by atoms with Crippen LogP contribution in [-0.4, -0.2) is 6.54 Å². The lowest BCUT2D eigenvalue weighted by Crippen LogP contribution is -2.03. The molecule has 0 heterocycles. The molecular weight excluding hydrogens is 361 g/mol. The molecule has 0 bridgehead atoms. The van der Waals surface area contributed by atoms with Gasteiger partial charge < -0.3 is 10.5 Å². The summed E-state index contributed by atoms with van der Waals surface area (Å²) in [6.45, 7) is 0.999. The lowest BCUT2D eigenvalue weighted by molar-refractivity contribution is 0.304. The third-order valence-electron chi connectivity index (χ3n) is 2.82. The van der Waals surface area contributed by atoms with Gasteiger partial charge in [-0.15, -0.1) is 0 Å². The zero-order valence-electron chi connectivity index (χ0n) is 10.7. The van der Waals surface area contributed by atoms with Crippen molar-refractivity contribution in [3.8, 4) is 5.75 Å². The molecule has 0 fully saturated rings. The summed E-state index contributed by atoms with van der Waals surface area (Å²) in [4.78, 5) is 0. The van der Waals surface area contributed by atoms with Crippen LogP contribution in [0.2, 0.25) is 10.0 Å². The molecular formula is C15H14BrCl2NO. The van der Waals surface area contributed by atoms with E-state index in [4.69, 9.17) is 33.7 Å². The SMILES string of the molecule is NCCc1ccc(OCc2cc(Cl)ccc2Cl)c(Br)c1. The first-order valence-corrected chi connectivity index (χ1v) is 7.70. The van der Waals surface area contributed by atoms with Crippen LogP contribution in [0.25, 0.3) is 0 Å². The van der Waals surface area contributed by atoms with E-state index in [1.165, 1.54) is 5.56 Å². The molecule has 2 aromatic carbocycles. The van der Waals surface area contributed by atoms with Crippen LogP contribution in [0.1, 0.15) is 11.1 Å². The van der Waals surface area contributed by atoms with Gasteiger partial charge in [-0.05, 0) is 64.8 Å². The highest BCUT2D eigenvalue weighted by atomic mass is 79.9. The average Bonchev–Trinajstić information content (AvgIpc) is 2.42. The molecule has 0 saturated carbocycles. The number of benzene rings is 2. The molecule has 0 aliphatic heterocycles. The van der Waals surface area contributed by atoms with Crippen LogP contribution in [-0.2, 0) is 13.0 Å². The van der Waals surface area contributed by atoms with Crippen molar-refractivity contribution in [2.24, 2.45) is 5.73 Å². The lowest BCUT2D eigenvalue weighted by atomic mass is 10.1. The largest absolute Gasteiger partial charge is 0.488 e. The normalized spacial score (nSPS) is 10.6. The summed E-state index contributed by atoms with van der Waals surface area (Å²) in [5, 5.41) is 1.29. The summed E-state index contributed by atoms with van der Waals surface area (Å²) in [5.74, 6) is 0.766. The fourth-order valence-electron chi connectivity index (χ4n) is 1.79. The Labute approximate surface area is 137 Å². The summed E-state index contributed by atoms with van der Waals surface area (Å²) in [5.41, 5.74) is 7.57. The molecule has 2 N–H and O–H groups in total. The van der Waals surface area contributed by atoms with Gasteiger partial charge in [0.05, 0.1) is 4.47 Å². The number of hydrogen-bond donors (Lipinski definition) is 1. The van der Waals surface area contributed by atoms with Gasteiger partial charge in [-0.3, -0.25) is 0 Å². The molecule has 0 spiro atoms. The minimum atomic E-state index is 0.369. The van der Waals surface area contributed by atoms with Crippen LogP contribution in [0.5, 0.6) is 5.75 Å². The number of halogens is 3. The van der Waals surface area contributed by atoms with Crippen LogP contribution in [0, 0.1) is 0 Å². The van der Waals surface area contributed by atoms with Crippen LogP contribution in [0.15, 0.2) is 40.9 Å². The van der Waals surface area contributed by atoms with Crippen LogP contribution in [0.3, 0.4) is 0 Å². The molecule has 0 radical (unpaired) electrons. The zero-order chi connectivity index (χ0) is 14.5. The second-order valence-electron chi connectivity index (χ2n) is 4.33. The van der Waals surface area contributed by atoms with Gasteiger partial charge in [0.25, 0.3) is 0 Å². The summed E-state index contributed by atoms with van der Waals surface area (Å²) in [6, 6.07) is 11.3. The minimum Gasteiger partial charge on any atom is -0.488 e. The summed E-state index contributed by atoms with van der Waals surface area (Å²) in [7, 11) is 0. The summed E-state index contributed by atoms with van der Waals surface area (Å²) >= 11 is 15.6. The van der Waals surface area contributed by atoms with E-state index < -0.39 is 0 Å². The number of rotatable bonds is 5. The van der Waals surface area contributed by atoms with E-state index in [0.717, 1.165) is 22.2 Å². The monoisotopic (exact) mass is 373 g/mol. The van der Waals surface area contributed by atoms with Crippen molar-refractivity contribution in [3.63, 3.8) is 0 Å². The third kappa shape index (κ3) is 4.13. The maximum absolute atomic E-state index is 6.10. The molecule has 0 aliphatic carbocycles. The van der Waals surface area contributed by atoms with Crippen molar-refractivity contribution >= 4 is 39.1 Å². The molecule has 0 atom stereocenters. The Bertz CT molecular complexity index is 604. The quantitative estimate of drug-likeness (QED) is 0.812. The Morgan fingerprint density at radius 1 is 1.10 bits per heavy atom. The smallest absolute Gasteiger partial charge is 0.134 e. The van der Waals surface area contributed by atoms with Gasteiger partial charge in [-0.2, -0.15) is 0 Å². The van der Waals surface area contributed by atoms with E-state index in [9.17, 15) is 0 Å². The predicted molar refractivity (Wildman–Crippen MR) is 87.7 cm³/mol. The maximum atomic E-state index is 6.10. The molecule has 0 aliphatic rings. The number of nitrogens with two attached hydrogens (primary N) is 1. The summed E-state index contributed by atoms with van der Waals surface area (Å²) in [6.07, 6.45) is 0.846. The molecule has 2 rings (SSSR count). The van der Waals surface area contributed by atoms with Crippen molar-refractivity contribution < 1.29 is 4.74 Å². The first-order chi connectivity index (χ1) is 9.60. The van der Waals surface area contributed by atoms with Gasteiger partial charge in [0, 0.05) is 15.6 Å². The Hall–Kier alpha value is -0.740. The zero-order valence-corrected chi connectivity index (χ0v) is 13.8. The molecule has 0 unspecified atom stereocenters. The van der Waals surface area contributed by atoms with E-state index in [1.807, 2.05) is 18.2 Å².